The van der Waals surface area contributed by atoms with Gasteiger partial charge in [0.2, 0.25) is 0 Å². The number of nitrogens with one attached hydrogen (secondary N) is 2. The third-order valence-electron chi connectivity index (χ3n) is 4.57. The van der Waals surface area contributed by atoms with Gasteiger partial charge in [0.25, 0.3) is 0 Å². The van der Waals surface area contributed by atoms with Crippen molar-refractivity contribution in [3.63, 3.8) is 0 Å². The third kappa shape index (κ3) is 6.97. The number of rotatable bonds is 9. The molecule has 0 aliphatic rings. The minimum Gasteiger partial charge on any atom is -0.445 e. The van der Waals surface area contributed by atoms with E-state index in [4.69, 9.17) is 4.74 Å². The lowest BCUT2D eigenvalue weighted by Gasteiger charge is -2.25. The summed E-state index contributed by atoms with van der Waals surface area (Å²) >= 11 is 0. The second-order valence-electron chi connectivity index (χ2n) is 6.82. The van der Waals surface area contributed by atoms with Crippen LogP contribution >= 0.6 is 0 Å². The van der Waals surface area contributed by atoms with E-state index in [1.165, 1.54) is 0 Å². The van der Waals surface area contributed by atoms with Crippen LogP contribution in [0.15, 0.2) is 91.0 Å². The van der Waals surface area contributed by atoms with E-state index in [9.17, 15) is 9.90 Å². The molecule has 0 spiro atoms. The first kappa shape index (κ1) is 20.4. The molecule has 3 aromatic rings. The molecule has 3 rings (SSSR count). The second-order valence-corrected chi connectivity index (χ2v) is 6.82. The Morgan fingerprint density at radius 1 is 0.828 bits per heavy atom. The van der Waals surface area contributed by atoms with Crippen LogP contribution in [0.4, 0.5) is 10.5 Å². The van der Waals surface area contributed by atoms with Crippen LogP contribution in [0.25, 0.3) is 0 Å². The van der Waals surface area contributed by atoms with Crippen molar-refractivity contribution in [3.05, 3.63) is 102 Å². The average Bonchev–Trinajstić information content (AvgIpc) is 2.78. The van der Waals surface area contributed by atoms with E-state index in [0.717, 1.165) is 16.8 Å². The summed E-state index contributed by atoms with van der Waals surface area (Å²) in [6.45, 7) is 0.490. The number of alkyl carbamates (subject to hydrolysis) is 1. The molecule has 0 unspecified atom stereocenters. The Morgan fingerprint density at radius 3 is 2.00 bits per heavy atom. The van der Waals surface area contributed by atoms with E-state index in [2.05, 4.69) is 10.6 Å². The summed E-state index contributed by atoms with van der Waals surface area (Å²) < 4.78 is 5.33. The van der Waals surface area contributed by atoms with E-state index < -0.39 is 18.2 Å². The Kier molecular flexibility index (Phi) is 7.66. The zero-order valence-corrected chi connectivity index (χ0v) is 16.2. The molecule has 0 bridgehead atoms. The van der Waals surface area contributed by atoms with Crippen LogP contribution in [0.3, 0.4) is 0 Å². The fourth-order valence-electron chi connectivity index (χ4n) is 2.99. The molecule has 0 heterocycles. The summed E-state index contributed by atoms with van der Waals surface area (Å²) in [5, 5.41) is 16.8. The van der Waals surface area contributed by atoms with E-state index in [1.54, 1.807) is 0 Å². The van der Waals surface area contributed by atoms with Gasteiger partial charge >= 0.3 is 6.09 Å². The van der Waals surface area contributed by atoms with Crippen LogP contribution in [-0.2, 0) is 17.8 Å². The molecule has 3 aromatic carbocycles. The Balaban J connectivity index is 1.59. The van der Waals surface area contributed by atoms with Crippen molar-refractivity contribution >= 4 is 11.8 Å². The molecule has 150 valence electrons. The van der Waals surface area contributed by atoms with Gasteiger partial charge in [-0.3, -0.25) is 0 Å². The summed E-state index contributed by atoms with van der Waals surface area (Å²) in [5.41, 5.74) is 2.85. The third-order valence-corrected chi connectivity index (χ3v) is 4.57. The number of benzene rings is 3. The molecule has 0 radical (unpaired) electrons. The van der Waals surface area contributed by atoms with Crippen molar-refractivity contribution in [2.24, 2.45) is 0 Å². The normalized spacial score (nSPS) is 12.6. The lowest BCUT2D eigenvalue weighted by atomic mass is 10.0. The Bertz CT molecular complexity index is 857. The van der Waals surface area contributed by atoms with Gasteiger partial charge in [-0.25, -0.2) is 4.79 Å². The number of amides is 1. The van der Waals surface area contributed by atoms with E-state index in [-0.39, 0.29) is 6.61 Å². The number of aliphatic hydroxyl groups excluding tert-OH is 1. The number of aliphatic hydroxyl groups is 1. The highest BCUT2D eigenvalue weighted by Gasteiger charge is 2.22. The van der Waals surface area contributed by atoms with Crippen LogP contribution in [0.5, 0.6) is 0 Å². The summed E-state index contributed by atoms with van der Waals surface area (Å²) in [6.07, 6.45) is -0.841. The monoisotopic (exact) mass is 390 g/mol. The average molecular weight is 390 g/mol. The number of hydrogen-bond acceptors (Lipinski definition) is 4. The SMILES string of the molecule is O=C(N[C@@H](Cc1ccccc1)[C@H](O)CNc1ccccc1)OCc1ccccc1. The number of ether oxygens (including phenoxy) is 1. The Hall–Kier alpha value is -3.31. The molecule has 5 heteroatoms. The highest BCUT2D eigenvalue weighted by atomic mass is 16.5. The summed E-state index contributed by atoms with van der Waals surface area (Å²) in [4.78, 5) is 12.3. The van der Waals surface area contributed by atoms with Gasteiger partial charge in [-0.05, 0) is 29.7 Å². The molecule has 29 heavy (non-hydrogen) atoms. The van der Waals surface area contributed by atoms with Gasteiger partial charge in [0, 0.05) is 12.2 Å². The van der Waals surface area contributed by atoms with Crippen molar-refractivity contribution < 1.29 is 14.6 Å². The number of para-hydroxylation sites is 1. The van der Waals surface area contributed by atoms with Crippen LogP contribution in [0.2, 0.25) is 0 Å². The van der Waals surface area contributed by atoms with Gasteiger partial charge in [-0.1, -0.05) is 78.9 Å². The standard InChI is InChI=1S/C24H26N2O3/c27-23(17-25-21-14-8-3-9-15-21)22(16-19-10-4-1-5-11-19)26-24(28)29-18-20-12-6-2-7-13-20/h1-15,22-23,25,27H,16-18H2,(H,26,28)/t22-,23+/m0/s1. The molecule has 0 aliphatic heterocycles. The van der Waals surface area contributed by atoms with E-state index in [1.807, 2.05) is 91.0 Å². The van der Waals surface area contributed by atoms with Gasteiger partial charge in [0.05, 0.1) is 12.1 Å². The Morgan fingerprint density at radius 2 is 1.38 bits per heavy atom. The molecular formula is C24H26N2O3. The van der Waals surface area contributed by atoms with Gasteiger partial charge in [-0.15, -0.1) is 0 Å². The maximum Gasteiger partial charge on any atom is 0.407 e. The van der Waals surface area contributed by atoms with Gasteiger partial charge in [0.1, 0.15) is 6.61 Å². The van der Waals surface area contributed by atoms with Crippen LogP contribution < -0.4 is 10.6 Å². The quantitative estimate of drug-likeness (QED) is 0.517. The fourth-order valence-corrected chi connectivity index (χ4v) is 2.99. The molecule has 0 saturated carbocycles. The van der Waals surface area contributed by atoms with Crippen LogP contribution in [0, 0.1) is 0 Å². The fraction of sp³-hybridized carbons (Fsp3) is 0.208. The molecule has 0 fully saturated rings. The highest BCUT2D eigenvalue weighted by molar-refractivity contribution is 5.67. The lowest BCUT2D eigenvalue weighted by molar-refractivity contribution is 0.107. The summed E-state index contributed by atoms with van der Waals surface area (Å²) in [7, 11) is 0. The molecule has 0 aliphatic carbocycles. The minimum absolute atomic E-state index is 0.184. The number of carbonyl (C=O) groups excluding carboxylic acids is 1. The van der Waals surface area contributed by atoms with Crippen molar-refractivity contribution in [1.82, 2.24) is 5.32 Å². The van der Waals surface area contributed by atoms with Crippen molar-refractivity contribution in [3.8, 4) is 0 Å². The number of anilines is 1. The van der Waals surface area contributed by atoms with Crippen molar-refractivity contribution in [2.75, 3.05) is 11.9 Å². The molecule has 2 atom stereocenters. The largest absolute Gasteiger partial charge is 0.445 e. The topological polar surface area (TPSA) is 70.6 Å². The zero-order valence-electron chi connectivity index (χ0n) is 16.2. The first-order chi connectivity index (χ1) is 14.2. The lowest BCUT2D eigenvalue weighted by Crippen LogP contribution is -2.47. The minimum atomic E-state index is -0.792. The van der Waals surface area contributed by atoms with Crippen LogP contribution in [-0.4, -0.2) is 29.9 Å². The van der Waals surface area contributed by atoms with E-state index in [0.29, 0.717) is 13.0 Å². The zero-order chi connectivity index (χ0) is 20.3. The molecule has 5 nitrogen and oxygen atoms in total. The first-order valence-corrected chi connectivity index (χ1v) is 9.69. The molecule has 0 aromatic heterocycles. The Labute approximate surface area is 171 Å². The van der Waals surface area contributed by atoms with Crippen molar-refractivity contribution in [1.29, 1.82) is 0 Å². The predicted octanol–water partition coefficient (Wildman–Crippen LogP) is 4.00. The number of hydrogen-bond donors (Lipinski definition) is 3. The maximum absolute atomic E-state index is 12.3. The van der Waals surface area contributed by atoms with Gasteiger partial charge < -0.3 is 20.5 Å². The summed E-state index contributed by atoms with van der Waals surface area (Å²) in [6, 6.07) is 28.4. The van der Waals surface area contributed by atoms with Crippen molar-refractivity contribution in [2.45, 2.75) is 25.2 Å². The predicted molar refractivity (Wildman–Crippen MR) is 115 cm³/mol. The highest BCUT2D eigenvalue weighted by Crippen LogP contribution is 2.10. The van der Waals surface area contributed by atoms with Gasteiger partial charge in [-0.2, -0.15) is 0 Å². The second kappa shape index (κ2) is 10.9. The smallest absolute Gasteiger partial charge is 0.407 e. The molecule has 0 saturated heterocycles. The molecular weight excluding hydrogens is 364 g/mol. The van der Waals surface area contributed by atoms with Gasteiger partial charge in [0.15, 0.2) is 0 Å². The number of carbonyl (C=O) groups is 1. The van der Waals surface area contributed by atoms with E-state index >= 15 is 0 Å². The van der Waals surface area contributed by atoms with Crippen LogP contribution in [0.1, 0.15) is 11.1 Å². The molecule has 3 N–H and O–H groups in total. The maximum atomic E-state index is 12.3. The first-order valence-electron chi connectivity index (χ1n) is 9.69. The molecule has 1 amide bonds. The summed E-state index contributed by atoms with van der Waals surface area (Å²) in [5.74, 6) is 0.